The molecule has 3 N–H and O–H groups in total. The van der Waals surface area contributed by atoms with E-state index in [1.807, 2.05) is 4.90 Å². The van der Waals surface area contributed by atoms with Crippen LogP contribution in [0.4, 0.5) is 11.5 Å². The topological polar surface area (TPSA) is 71.6 Å². The van der Waals surface area contributed by atoms with E-state index in [0.717, 1.165) is 0 Å². The van der Waals surface area contributed by atoms with Crippen molar-refractivity contribution in [2.75, 3.05) is 36.9 Å². The molecule has 2 rings (SSSR count). The molecular weight excluding hydrogens is 230 g/mol. The van der Waals surface area contributed by atoms with Gasteiger partial charge >= 0.3 is 0 Å². The summed E-state index contributed by atoms with van der Waals surface area (Å²) in [5, 5.41) is 9.46. The number of aliphatic hydroxyl groups excluding tert-OH is 1. The van der Waals surface area contributed by atoms with Gasteiger partial charge in [-0.3, -0.25) is 0 Å². The highest BCUT2D eigenvalue weighted by atomic mass is 35.5. The minimum absolute atomic E-state index is 0.00301. The zero-order valence-corrected chi connectivity index (χ0v) is 9.52. The Morgan fingerprint density at radius 1 is 1.62 bits per heavy atom. The molecule has 0 spiro atoms. The first-order valence-electron chi connectivity index (χ1n) is 5.10. The molecule has 1 aliphatic rings. The van der Waals surface area contributed by atoms with Crippen LogP contribution in [-0.2, 0) is 4.74 Å². The van der Waals surface area contributed by atoms with Crippen LogP contribution in [0.5, 0.6) is 0 Å². The summed E-state index contributed by atoms with van der Waals surface area (Å²) < 4.78 is 5.36. The van der Waals surface area contributed by atoms with Gasteiger partial charge in [0, 0.05) is 13.1 Å². The minimum Gasteiger partial charge on any atom is -0.396 e. The van der Waals surface area contributed by atoms with Crippen molar-refractivity contribution in [3.8, 4) is 0 Å². The number of nitrogen functional groups attached to an aromatic ring is 1. The lowest BCUT2D eigenvalue weighted by Crippen LogP contribution is -2.44. The van der Waals surface area contributed by atoms with E-state index < -0.39 is 0 Å². The van der Waals surface area contributed by atoms with E-state index in [9.17, 15) is 0 Å². The Morgan fingerprint density at radius 2 is 2.44 bits per heavy atom. The van der Waals surface area contributed by atoms with Gasteiger partial charge in [-0.25, -0.2) is 4.98 Å². The predicted octanol–water partition coefficient (Wildman–Crippen LogP) is 0.515. The molecule has 0 aliphatic carbocycles. The van der Waals surface area contributed by atoms with Crippen LogP contribution in [0.25, 0.3) is 0 Å². The van der Waals surface area contributed by atoms with Crippen LogP contribution < -0.4 is 10.6 Å². The third-order valence-electron chi connectivity index (χ3n) is 2.51. The van der Waals surface area contributed by atoms with Gasteiger partial charge in [0.25, 0.3) is 0 Å². The lowest BCUT2D eigenvalue weighted by Gasteiger charge is -2.33. The van der Waals surface area contributed by atoms with E-state index >= 15 is 0 Å². The van der Waals surface area contributed by atoms with Crippen LogP contribution in [0.1, 0.15) is 0 Å². The first kappa shape index (κ1) is 11.4. The summed E-state index contributed by atoms with van der Waals surface area (Å²) in [6.07, 6.45) is -0.186. The molecule has 0 bridgehead atoms. The number of nitrogens with zero attached hydrogens (tertiary/aromatic N) is 2. The number of hydrogen-bond acceptors (Lipinski definition) is 5. The van der Waals surface area contributed by atoms with Crippen molar-refractivity contribution in [2.24, 2.45) is 0 Å². The number of pyridine rings is 1. The second kappa shape index (κ2) is 4.86. The molecule has 0 radical (unpaired) electrons. The maximum atomic E-state index is 9.05. The molecule has 1 fully saturated rings. The number of nitrogens with two attached hydrogens (primary N) is 1. The van der Waals surface area contributed by atoms with Gasteiger partial charge in [0.15, 0.2) is 5.82 Å². The van der Waals surface area contributed by atoms with E-state index in [4.69, 9.17) is 27.2 Å². The van der Waals surface area contributed by atoms with Crippen LogP contribution in [0, 0.1) is 0 Å². The van der Waals surface area contributed by atoms with Gasteiger partial charge in [-0.15, -0.1) is 0 Å². The van der Waals surface area contributed by atoms with Crippen molar-refractivity contribution in [3.05, 3.63) is 17.3 Å². The van der Waals surface area contributed by atoms with Gasteiger partial charge in [0.1, 0.15) is 5.15 Å². The van der Waals surface area contributed by atoms with E-state index in [-0.39, 0.29) is 12.7 Å². The van der Waals surface area contributed by atoms with Gasteiger partial charge in [-0.1, -0.05) is 11.6 Å². The average molecular weight is 244 g/mol. The Morgan fingerprint density at radius 3 is 3.19 bits per heavy atom. The highest BCUT2D eigenvalue weighted by molar-refractivity contribution is 6.29. The Labute approximate surface area is 98.8 Å². The summed E-state index contributed by atoms with van der Waals surface area (Å²) in [6.45, 7) is 1.83. The van der Waals surface area contributed by atoms with Crippen LogP contribution in [0.15, 0.2) is 12.1 Å². The van der Waals surface area contributed by atoms with Crippen molar-refractivity contribution >= 4 is 23.1 Å². The quantitative estimate of drug-likeness (QED) is 0.741. The fourth-order valence-electron chi connectivity index (χ4n) is 1.71. The Balaban J connectivity index is 2.19. The second-order valence-electron chi connectivity index (χ2n) is 3.67. The van der Waals surface area contributed by atoms with Gasteiger partial charge < -0.3 is 20.5 Å². The molecule has 0 saturated carbocycles. The van der Waals surface area contributed by atoms with Gasteiger partial charge in [-0.2, -0.15) is 0 Å². The molecule has 88 valence electrons. The molecule has 1 atom stereocenters. The molecule has 5 nitrogen and oxygen atoms in total. The number of ether oxygens (including phenoxy) is 1. The Kier molecular flexibility index (Phi) is 3.48. The summed E-state index contributed by atoms with van der Waals surface area (Å²) >= 11 is 5.83. The summed E-state index contributed by atoms with van der Waals surface area (Å²) in [7, 11) is 0. The number of aliphatic hydroxyl groups is 1. The van der Waals surface area contributed by atoms with E-state index in [1.165, 1.54) is 0 Å². The smallest absolute Gasteiger partial charge is 0.153 e. The Hall–Kier alpha value is -1.04. The summed E-state index contributed by atoms with van der Waals surface area (Å²) in [6, 6.07) is 3.39. The SMILES string of the molecule is Nc1ccc(Cl)nc1N1CCOC(CO)C1. The molecule has 1 aromatic heterocycles. The number of morpholine rings is 1. The van der Waals surface area contributed by atoms with Gasteiger partial charge in [0.2, 0.25) is 0 Å². The maximum Gasteiger partial charge on any atom is 0.153 e. The fraction of sp³-hybridized carbons (Fsp3) is 0.500. The number of halogens is 1. The van der Waals surface area contributed by atoms with Crippen LogP contribution in [0.2, 0.25) is 5.15 Å². The number of aromatic nitrogens is 1. The zero-order valence-electron chi connectivity index (χ0n) is 8.77. The van der Waals surface area contributed by atoms with Crippen molar-refractivity contribution in [2.45, 2.75) is 6.10 Å². The molecule has 2 heterocycles. The van der Waals surface area contributed by atoms with Gasteiger partial charge in [-0.05, 0) is 12.1 Å². The first-order valence-corrected chi connectivity index (χ1v) is 5.48. The highest BCUT2D eigenvalue weighted by Crippen LogP contribution is 2.24. The normalized spacial score (nSPS) is 21.1. The standard InChI is InChI=1S/C10H14ClN3O2/c11-9-2-1-8(12)10(13-9)14-3-4-16-7(5-14)6-15/h1-2,7,15H,3-6,12H2. The van der Waals surface area contributed by atoms with Gasteiger partial charge in [0.05, 0.1) is 25.0 Å². The minimum atomic E-state index is -0.186. The molecule has 0 aromatic carbocycles. The fourth-order valence-corrected chi connectivity index (χ4v) is 1.85. The molecule has 1 saturated heterocycles. The van der Waals surface area contributed by atoms with Crippen molar-refractivity contribution in [3.63, 3.8) is 0 Å². The first-order chi connectivity index (χ1) is 7.70. The van der Waals surface area contributed by atoms with Crippen LogP contribution >= 0.6 is 11.6 Å². The second-order valence-corrected chi connectivity index (χ2v) is 4.06. The monoisotopic (exact) mass is 243 g/mol. The molecule has 6 heteroatoms. The molecule has 1 unspecified atom stereocenters. The van der Waals surface area contributed by atoms with Crippen LogP contribution in [0.3, 0.4) is 0 Å². The highest BCUT2D eigenvalue weighted by Gasteiger charge is 2.22. The zero-order chi connectivity index (χ0) is 11.5. The largest absolute Gasteiger partial charge is 0.396 e. The predicted molar refractivity (Wildman–Crippen MR) is 62.7 cm³/mol. The van der Waals surface area contributed by atoms with E-state index in [2.05, 4.69) is 4.98 Å². The van der Waals surface area contributed by atoms with Crippen molar-refractivity contribution < 1.29 is 9.84 Å². The lowest BCUT2D eigenvalue weighted by molar-refractivity contribution is 0.00340. The van der Waals surface area contributed by atoms with Crippen molar-refractivity contribution in [1.29, 1.82) is 0 Å². The molecular formula is C10H14ClN3O2. The number of hydrogen-bond donors (Lipinski definition) is 2. The average Bonchev–Trinajstić information content (AvgIpc) is 2.32. The summed E-state index contributed by atoms with van der Waals surface area (Å²) in [5.74, 6) is 0.661. The lowest BCUT2D eigenvalue weighted by atomic mass is 10.2. The summed E-state index contributed by atoms with van der Waals surface area (Å²) in [4.78, 5) is 6.17. The maximum absolute atomic E-state index is 9.05. The molecule has 1 aromatic rings. The molecule has 1 aliphatic heterocycles. The summed E-state index contributed by atoms with van der Waals surface area (Å²) in [5.41, 5.74) is 6.43. The molecule has 0 amide bonds. The van der Waals surface area contributed by atoms with Crippen LogP contribution in [-0.4, -0.2) is 42.5 Å². The number of anilines is 2. The number of rotatable bonds is 2. The third kappa shape index (κ3) is 2.37. The van der Waals surface area contributed by atoms with Crippen molar-refractivity contribution in [1.82, 2.24) is 4.98 Å². The molecule has 16 heavy (non-hydrogen) atoms. The third-order valence-corrected chi connectivity index (χ3v) is 2.72. The van der Waals surface area contributed by atoms with E-state index in [0.29, 0.717) is 36.4 Å². The van der Waals surface area contributed by atoms with E-state index in [1.54, 1.807) is 12.1 Å². The Bertz CT molecular complexity index is 375.